The first-order valence-corrected chi connectivity index (χ1v) is 5.72. The van der Waals surface area contributed by atoms with Gasteiger partial charge in [0.1, 0.15) is 0 Å². The summed E-state index contributed by atoms with van der Waals surface area (Å²) in [6.07, 6.45) is 3.44. The molecule has 6 heteroatoms. The Bertz CT molecular complexity index is 379. The monoisotopic (exact) mass is 307 g/mol. The van der Waals surface area contributed by atoms with E-state index < -0.39 is 6.04 Å². The third-order valence-electron chi connectivity index (χ3n) is 2.74. The zero-order valence-electron chi connectivity index (χ0n) is 11.8. The number of hydrogen-bond acceptors (Lipinski definition) is 3. The minimum absolute atomic E-state index is 0. The Balaban J connectivity index is 0. The number of nitrogens with zero attached hydrogens (tertiary/aromatic N) is 2. The lowest BCUT2D eigenvalue weighted by molar-refractivity contribution is -0.134. The van der Waals surface area contributed by atoms with Crippen LogP contribution < -0.4 is 5.73 Å². The van der Waals surface area contributed by atoms with E-state index in [4.69, 9.17) is 5.73 Å². The third-order valence-corrected chi connectivity index (χ3v) is 2.74. The molecule has 2 N–H and O–H groups in total. The van der Waals surface area contributed by atoms with Gasteiger partial charge in [-0.15, -0.1) is 24.8 Å². The highest BCUT2D eigenvalue weighted by Gasteiger charge is 2.29. The van der Waals surface area contributed by atoms with E-state index in [1.54, 1.807) is 24.3 Å². The summed E-state index contributed by atoms with van der Waals surface area (Å²) in [4.78, 5) is 17.7. The molecule has 4 nitrogen and oxygen atoms in total. The third kappa shape index (κ3) is 6.23. The van der Waals surface area contributed by atoms with Crippen molar-refractivity contribution in [3.8, 4) is 0 Å². The van der Waals surface area contributed by atoms with E-state index in [9.17, 15) is 4.79 Å². The molecule has 1 aromatic heterocycles. The summed E-state index contributed by atoms with van der Waals surface area (Å²) in [6, 6.07) is 3.31. The maximum atomic E-state index is 12.1. The van der Waals surface area contributed by atoms with Crippen molar-refractivity contribution < 1.29 is 4.79 Å². The number of halogens is 2. The van der Waals surface area contributed by atoms with Gasteiger partial charge < -0.3 is 10.6 Å². The number of amides is 1. The molecule has 0 spiro atoms. The maximum Gasteiger partial charge on any atom is 0.240 e. The highest BCUT2D eigenvalue weighted by Crippen LogP contribution is 2.19. The molecule has 0 saturated heterocycles. The largest absolute Gasteiger partial charge is 0.340 e. The Kier molecular flexibility index (Phi) is 9.00. The van der Waals surface area contributed by atoms with Crippen molar-refractivity contribution in [1.29, 1.82) is 0 Å². The highest BCUT2D eigenvalue weighted by molar-refractivity contribution is 5.85. The first-order valence-electron chi connectivity index (χ1n) is 5.72. The van der Waals surface area contributed by atoms with Crippen LogP contribution in [0.5, 0.6) is 0 Å². The van der Waals surface area contributed by atoms with Gasteiger partial charge in [-0.1, -0.05) is 20.8 Å². The second-order valence-corrected chi connectivity index (χ2v) is 5.39. The van der Waals surface area contributed by atoms with E-state index >= 15 is 0 Å². The van der Waals surface area contributed by atoms with Gasteiger partial charge in [-0.25, -0.2) is 0 Å². The lowest BCUT2D eigenvalue weighted by Crippen LogP contribution is -2.48. The van der Waals surface area contributed by atoms with Crippen molar-refractivity contribution in [2.45, 2.75) is 33.4 Å². The van der Waals surface area contributed by atoms with Gasteiger partial charge in [0, 0.05) is 26.0 Å². The molecular formula is C13H23Cl2N3O. The van der Waals surface area contributed by atoms with Crippen LogP contribution in [0.4, 0.5) is 0 Å². The van der Waals surface area contributed by atoms with Crippen molar-refractivity contribution >= 4 is 30.7 Å². The summed E-state index contributed by atoms with van der Waals surface area (Å²) in [5, 5.41) is 0. The molecule has 0 aromatic carbocycles. The molecule has 0 aliphatic rings. The van der Waals surface area contributed by atoms with Crippen LogP contribution in [0, 0.1) is 5.41 Å². The van der Waals surface area contributed by atoms with Gasteiger partial charge in [0.05, 0.1) is 6.04 Å². The van der Waals surface area contributed by atoms with Gasteiger partial charge in [0.15, 0.2) is 0 Å². The van der Waals surface area contributed by atoms with Crippen LogP contribution in [-0.2, 0) is 11.3 Å². The Hall–Kier alpha value is -0.840. The zero-order chi connectivity index (χ0) is 13.1. The van der Waals surface area contributed by atoms with Crippen molar-refractivity contribution in [2.24, 2.45) is 11.1 Å². The van der Waals surface area contributed by atoms with E-state index in [1.165, 1.54) is 0 Å². The lowest BCUT2D eigenvalue weighted by atomic mass is 9.86. The van der Waals surface area contributed by atoms with Gasteiger partial charge in [-0.3, -0.25) is 9.78 Å². The first kappa shape index (κ1) is 20.5. The standard InChI is InChI=1S/C13H21N3O.2ClH/c1-13(2,3)11(14)12(17)16(4)9-10-5-7-15-8-6-10;;/h5-8,11H,9,14H2,1-4H3;2*1H/t11-;;/m1../s1. The summed E-state index contributed by atoms with van der Waals surface area (Å²) in [7, 11) is 1.77. The summed E-state index contributed by atoms with van der Waals surface area (Å²) < 4.78 is 0. The van der Waals surface area contributed by atoms with E-state index in [1.807, 2.05) is 32.9 Å². The fraction of sp³-hybridized carbons (Fsp3) is 0.538. The van der Waals surface area contributed by atoms with Gasteiger partial charge in [-0.2, -0.15) is 0 Å². The van der Waals surface area contributed by atoms with Gasteiger partial charge in [0.25, 0.3) is 0 Å². The fourth-order valence-corrected chi connectivity index (χ4v) is 1.45. The van der Waals surface area contributed by atoms with Crippen LogP contribution >= 0.6 is 24.8 Å². The Morgan fingerprint density at radius 3 is 2.21 bits per heavy atom. The van der Waals surface area contributed by atoms with Crippen LogP contribution in [0.1, 0.15) is 26.3 Å². The average molecular weight is 308 g/mol. The molecule has 19 heavy (non-hydrogen) atoms. The molecule has 1 heterocycles. The first-order chi connectivity index (χ1) is 7.82. The van der Waals surface area contributed by atoms with E-state index in [0.29, 0.717) is 6.54 Å². The molecule has 110 valence electrons. The Morgan fingerprint density at radius 1 is 1.32 bits per heavy atom. The van der Waals surface area contributed by atoms with E-state index in [0.717, 1.165) is 5.56 Å². The van der Waals surface area contributed by atoms with Crippen LogP contribution in [0.25, 0.3) is 0 Å². The number of likely N-dealkylation sites (N-methyl/N-ethyl adjacent to an activating group) is 1. The Labute approximate surface area is 127 Å². The van der Waals surface area contributed by atoms with E-state index in [-0.39, 0.29) is 36.1 Å². The van der Waals surface area contributed by atoms with Gasteiger partial charge >= 0.3 is 0 Å². The smallest absolute Gasteiger partial charge is 0.240 e. The predicted octanol–water partition coefficient (Wildman–Crippen LogP) is 2.26. The quantitative estimate of drug-likeness (QED) is 0.932. The molecule has 1 aromatic rings. The molecule has 1 amide bonds. The SMILES string of the molecule is CN(Cc1ccncc1)C(=O)[C@@H](N)C(C)(C)C.Cl.Cl. The van der Waals surface area contributed by atoms with Crippen LogP contribution in [0.3, 0.4) is 0 Å². The normalized spacial score (nSPS) is 11.8. The summed E-state index contributed by atoms with van der Waals surface area (Å²) in [6.45, 7) is 6.46. The van der Waals surface area contributed by atoms with E-state index in [2.05, 4.69) is 4.98 Å². The van der Waals surface area contributed by atoms with Crippen molar-refractivity contribution in [2.75, 3.05) is 7.05 Å². The lowest BCUT2D eigenvalue weighted by Gasteiger charge is -2.30. The maximum absolute atomic E-state index is 12.1. The summed E-state index contributed by atoms with van der Waals surface area (Å²) in [5.74, 6) is -0.0330. The highest BCUT2D eigenvalue weighted by atomic mass is 35.5. The van der Waals surface area contributed by atoms with Crippen molar-refractivity contribution in [1.82, 2.24) is 9.88 Å². The molecule has 0 bridgehead atoms. The second-order valence-electron chi connectivity index (χ2n) is 5.39. The summed E-state index contributed by atoms with van der Waals surface area (Å²) in [5.41, 5.74) is 6.78. The van der Waals surface area contributed by atoms with Gasteiger partial charge in [0.2, 0.25) is 5.91 Å². The minimum atomic E-state index is -0.477. The molecule has 0 fully saturated rings. The number of rotatable bonds is 3. The topological polar surface area (TPSA) is 59.2 Å². The fourth-order valence-electron chi connectivity index (χ4n) is 1.45. The average Bonchev–Trinajstić information content (AvgIpc) is 2.27. The number of carbonyl (C=O) groups is 1. The molecule has 0 aliphatic heterocycles. The molecule has 1 rings (SSSR count). The number of pyridine rings is 1. The Morgan fingerprint density at radius 2 is 1.79 bits per heavy atom. The van der Waals surface area contributed by atoms with Crippen LogP contribution in [0.15, 0.2) is 24.5 Å². The molecular weight excluding hydrogens is 285 g/mol. The van der Waals surface area contributed by atoms with Crippen molar-refractivity contribution in [3.05, 3.63) is 30.1 Å². The number of aromatic nitrogens is 1. The summed E-state index contributed by atoms with van der Waals surface area (Å²) >= 11 is 0. The number of carbonyl (C=O) groups excluding carboxylic acids is 1. The number of hydrogen-bond donors (Lipinski definition) is 1. The molecule has 0 aliphatic carbocycles. The molecule has 0 unspecified atom stereocenters. The van der Waals surface area contributed by atoms with Gasteiger partial charge in [-0.05, 0) is 23.1 Å². The van der Waals surface area contributed by atoms with Crippen LogP contribution in [-0.4, -0.2) is 28.9 Å². The van der Waals surface area contributed by atoms with Crippen molar-refractivity contribution in [3.63, 3.8) is 0 Å². The number of nitrogens with two attached hydrogens (primary N) is 1. The van der Waals surface area contributed by atoms with Crippen LogP contribution in [0.2, 0.25) is 0 Å². The molecule has 1 atom stereocenters. The minimum Gasteiger partial charge on any atom is -0.340 e. The predicted molar refractivity (Wildman–Crippen MR) is 82.6 cm³/mol. The molecule has 0 radical (unpaired) electrons. The second kappa shape index (κ2) is 8.35. The molecule has 0 saturated carbocycles. The zero-order valence-corrected chi connectivity index (χ0v) is 13.4.